The monoisotopic (exact) mass is 531 g/mol. The second kappa shape index (κ2) is 14.0. The Balaban J connectivity index is 0.00000320. The van der Waals surface area contributed by atoms with Crippen LogP contribution >= 0.6 is 24.0 Å². The van der Waals surface area contributed by atoms with Gasteiger partial charge in [-0.3, -0.25) is 4.90 Å². The predicted molar refractivity (Wildman–Crippen MR) is 134 cm³/mol. The zero-order valence-electron chi connectivity index (χ0n) is 18.5. The number of hydrogen-bond acceptors (Lipinski definition) is 6. The number of piperazine rings is 1. The van der Waals surface area contributed by atoms with Crippen LogP contribution in [0.4, 0.5) is 5.82 Å². The molecule has 2 aliphatic heterocycles. The van der Waals surface area contributed by atoms with Crippen molar-refractivity contribution in [1.29, 1.82) is 0 Å². The summed E-state index contributed by atoms with van der Waals surface area (Å²) in [5, 5.41) is 6.78. The number of nitrogens with zero attached hydrogens (tertiary/aromatic N) is 5. The maximum Gasteiger partial charge on any atom is 0.191 e. The Morgan fingerprint density at radius 2 is 1.87 bits per heavy atom. The summed E-state index contributed by atoms with van der Waals surface area (Å²) >= 11 is 0. The molecule has 0 bridgehead atoms. The Morgan fingerprint density at radius 1 is 1.10 bits per heavy atom. The van der Waals surface area contributed by atoms with Crippen LogP contribution < -0.4 is 15.5 Å². The average Bonchev–Trinajstić information content (AvgIpc) is 2.76. The first-order chi connectivity index (χ1) is 14.2. The lowest BCUT2D eigenvalue weighted by Gasteiger charge is -2.33. The highest BCUT2D eigenvalue weighted by Gasteiger charge is 2.15. The highest BCUT2D eigenvalue weighted by molar-refractivity contribution is 14.0. The molecule has 0 radical (unpaired) electrons. The third-order valence-corrected chi connectivity index (χ3v) is 5.45. The van der Waals surface area contributed by atoms with Gasteiger partial charge in [-0.25, -0.2) is 9.98 Å². The molecular weight excluding hydrogens is 493 g/mol. The molecule has 1 aromatic rings. The van der Waals surface area contributed by atoms with E-state index >= 15 is 0 Å². The van der Waals surface area contributed by atoms with E-state index in [1.54, 1.807) is 0 Å². The molecule has 0 spiro atoms. The van der Waals surface area contributed by atoms with Crippen LogP contribution in [0, 0.1) is 0 Å². The minimum absolute atomic E-state index is 0. The van der Waals surface area contributed by atoms with E-state index in [9.17, 15) is 0 Å². The molecule has 1 aromatic heterocycles. The van der Waals surface area contributed by atoms with Crippen LogP contribution in [0.3, 0.4) is 0 Å². The van der Waals surface area contributed by atoms with E-state index in [0.717, 1.165) is 95.9 Å². The Bertz CT molecular complexity index is 614. The summed E-state index contributed by atoms with van der Waals surface area (Å²) < 4.78 is 5.40. The Hall–Kier alpha value is -1.17. The second-order valence-corrected chi connectivity index (χ2v) is 7.74. The van der Waals surface area contributed by atoms with Crippen LogP contribution in [-0.2, 0) is 11.3 Å². The quantitative estimate of drug-likeness (QED) is 0.227. The average molecular weight is 531 g/mol. The van der Waals surface area contributed by atoms with Crippen molar-refractivity contribution in [3.8, 4) is 0 Å². The van der Waals surface area contributed by atoms with Gasteiger partial charge >= 0.3 is 0 Å². The Labute approximate surface area is 198 Å². The number of aliphatic imine (C=N–C) groups is 1. The number of morpholine rings is 1. The van der Waals surface area contributed by atoms with E-state index in [1.807, 2.05) is 6.20 Å². The number of pyridine rings is 1. The van der Waals surface area contributed by atoms with E-state index in [4.69, 9.17) is 9.73 Å². The van der Waals surface area contributed by atoms with E-state index in [2.05, 4.69) is 56.4 Å². The van der Waals surface area contributed by atoms with Gasteiger partial charge in [0.05, 0.1) is 19.8 Å². The van der Waals surface area contributed by atoms with E-state index in [-0.39, 0.29) is 24.0 Å². The molecule has 2 saturated heterocycles. The normalized spacial score (nSPS) is 18.7. The molecule has 2 aliphatic rings. The first-order valence-electron chi connectivity index (χ1n) is 11.0. The molecule has 170 valence electrons. The first kappa shape index (κ1) is 25.1. The molecule has 3 heterocycles. The van der Waals surface area contributed by atoms with Crippen molar-refractivity contribution >= 4 is 35.8 Å². The lowest BCUT2D eigenvalue weighted by molar-refractivity contribution is 0.0376. The van der Waals surface area contributed by atoms with Gasteiger partial charge in [0.25, 0.3) is 0 Å². The van der Waals surface area contributed by atoms with Crippen LogP contribution in [0.2, 0.25) is 0 Å². The molecule has 0 unspecified atom stereocenters. The summed E-state index contributed by atoms with van der Waals surface area (Å²) in [6.45, 7) is 13.7. The molecule has 8 nitrogen and oxygen atoms in total. The van der Waals surface area contributed by atoms with Crippen molar-refractivity contribution in [2.75, 3.05) is 84.1 Å². The van der Waals surface area contributed by atoms with Gasteiger partial charge in [0, 0.05) is 58.6 Å². The van der Waals surface area contributed by atoms with Crippen molar-refractivity contribution in [3.63, 3.8) is 0 Å². The predicted octanol–water partition coefficient (Wildman–Crippen LogP) is 1.23. The molecule has 9 heteroatoms. The zero-order valence-corrected chi connectivity index (χ0v) is 20.8. The smallest absolute Gasteiger partial charge is 0.191 e. The largest absolute Gasteiger partial charge is 0.379 e. The van der Waals surface area contributed by atoms with Gasteiger partial charge < -0.3 is 25.2 Å². The standard InChI is InChI=1S/C21H37N7O.HI/c1-3-22-21(23-7-4-8-27-13-15-29-16-14-27)25-18-19-5-6-20(24-17-19)28-11-9-26(2)10-12-28;/h5-6,17H,3-4,7-16,18H2,1-2H3,(H2,22,23,25);1H. The molecule has 0 amide bonds. The van der Waals surface area contributed by atoms with Crippen molar-refractivity contribution in [2.24, 2.45) is 4.99 Å². The van der Waals surface area contributed by atoms with Crippen molar-refractivity contribution in [3.05, 3.63) is 23.9 Å². The molecular formula is C21H38IN7O. The molecule has 0 saturated carbocycles. The number of nitrogens with one attached hydrogen (secondary N) is 2. The second-order valence-electron chi connectivity index (χ2n) is 7.74. The summed E-state index contributed by atoms with van der Waals surface area (Å²) in [7, 11) is 2.17. The number of likely N-dealkylation sites (N-methyl/N-ethyl adjacent to an activating group) is 1. The summed E-state index contributed by atoms with van der Waals surface area (Å²) in [5.74, 6) is 1.94. The van der Waals surface area contributed by atoms with Crippen molar-refractivity contribution in [1.82, 2.24) is 25.4 Å². The number of aromatic nitrogens is 1. The molecule has 2 N–H and O–H groups in total. The molecule has 0 aromatic carbocycles. The fourth-order valence-electron chi connectivity index (χ4n) is 3.58. The number of hydrogen-bond donors (Lipinski definition) is 2. The number of ether oxygens (including phenoxy) is 1. The highest BCUT2D eigenvalue weighted by Crippen LogP contribution is 2.14. The van der Waals surface area contributed by atoms with Crippen molar-refractivity contribution in [2.45, 2.75) is 19.9 Å². The fraction of sp³-hybridized carbons (Fsp3) is 0.714. The number of halogens is 1. The topological polar surface area (TPSA) is 68.3 Å². The first-order valence-corrected chi connectivity index (χ1v) is 11.0. The third-order valence-electron chi connectivity index (χ3n) is 5.45. The van der Waals surface area contributed by atoms with Gasteiger partial charge in [0.1, 0.15) is 5.82 Å². The van der Waals surface area contributed by atoms with E-state index < -0.39 is 0 Å². The lowest BCUT2D eigenvalue weighted by Crippen LogP contribution is -2.44. The lowest BCUT2D eigenvalue weighted by atomic mass is 10.2. The molecule has 0 atom stereocenters. The van der Waals surface area contributed by atoms with Gasteiger partial charge in [-0.15, -0.1) is 24.0 Å². The van der Waals surface area contributed by atoms with Crippen LogP contribution in [0.15, 0.2) is 23.3 Å². The minimum atomic E-state index is 0. The maximum absolute atomic E-state index is 5.40. The summed E-state index contributed by atoms with van der Waals surface area (Å²) in [4.78, 5) is 16.6. The minimum Gasteiger partial charge on any atom is -0.379 e. The van der Waals surface area contributed by atoms with Crippen LogP contribution in [0.5, 0.6) is 0 Å². The fourth-order valence-corrected chi connectivity index (χ4v) is 3.58. The highest BCUT2D eigenvalue weighted by atomic mass is 127. The van der Waals surface area contributed by atoms with Gasteiger partial charge in [-0.2, -0.15) is 0 Å². The van der Waals surface area contributed by atoms with Gasteiger partial charge in [-0.05, 0) is 38.6 Å². The van der Waals surface area contributed by atoms with Crippen LogP contribution in [0.25, 0.3) is 0 Å². The van der Waals surface area contributed by atoms with E-state index in [1.165, 1.54) is 0 Å². The summed E-state index contributed by atoms with van der Waals surface area (Å²) in [6.07, 6.45) is 3.06. The molecule has 0 aliphatic carbocycles. The SMILES string of the molecule is CCNC(=NCc1ccc(N2CCN(C)CC2)nc1)NCCCN1CCOCC1.I. The molecule has 2 fully saturated rings. The van der Waals surface area contributed by atoms with Gasteiger partial charge in [0.2, 0.25) is 0 Å². The van der Waals surface area contributed by atoms with Crippen LogP contribution in [-0.4, -0.2) is 99.9 Å². The summed E-state index contributed by atoms with van der Waals surface area (Å²) in [5.41, 5.74) is 1.13. The number of guanidine groups is 1. The molecule has 3 rings (SSSR count). The Kier molecular flexibility index (Phi) is 11.7. The zero-order chi connectivity index (χ0) is 20.3. The maximum atomic E-state index is 5.40. The Morgan fingerprint density at radius 3 is 2.53 bits per heavy atom. The van der Waals surface area contributed by atoms with E-state index in [0.29, 0.717) is 6.54 Å². The molecule has 30 heavy (non-hydrogen) atoms. The third kappa shape index (κ3) is 8.52. The van der Waals surface area contributed by atoms with Gasteiger partial charge in [0.15, 0.2) is 5.96 Å². The van der Waals surface area contributed by atoms with Gasteiger partial charge in [-0.1, -0.05) is 6.07 Å². The summed E-state index contributed by atoms with van der Waals surface area (Å²) in [6, 6.07) is 4.27. The number of rotatable bonds is 8. The van der Waals surface area contributed by atoms with Crippen molar-refractivity contribution < 1.29 is 4.74 Å². The van der Waals surface area contributed by atoms with Crippen LogP contribution in [0.1, 0.15) is 18.9 Å². The number of anilines is 1.